The van der Waals surface area contributed by atoms with Crippen molar-refractivity contribution >= 4 is 11.1 Å². The maximum atomic E-state index is 5.04. The number of aromatic nitrogens is 3. The zero-order valence-electron chi connectivity index (χ0n) is 6.98. The van der Waals surface area contributed by atoms with Gasteiger partial charge in [-0.15, -0.1) is 0 Å². The van der Waals surface area contributed by atoms with Crippen molar-refractivity contribution in [1.82, 2.24) is 15.1 Å². The molecule has 0 atom stereocenters. The Kier molecular flexibility index (Phi) is 1.53. The molecule has 0 amide bonds. The van der Waals surface area contributed by atoms with Gasteiger partial charge in [-0.05, 0) is 0 Å². The van der Waals surface area contributed by atoms with Crippen molar-refractivity contribution in [1.29, 1.82) is 0 Å². The van der Waals surface area contributed by atoms with E-state index in [1.807, 2.05) is 0 Å². The minimum Gasteiger partial charge on any atom is -0.353 e. The van der Waals surface area contributed by atoms with E-state index in [2.05, 4.69) is 29.0 Å². The molecule has 2 rings (SSSR count). The first-order valence-electron chi connectivity index (χ1n) is 3.84. The first kappa shape index (κ1) is 7.21. The van der Waals surface area contributed by atoms with E-state index in [0.29, 0.717) is 11.5 Å². The zero-order valence-corrected chi connectivity index (χ0v) is 6.98. The Morgan fingerprint density at radius 3 is 3.00 bits per heavy atom. The van der Waals surface area contributed by atoms with Gasteiger partial charge in [-0.1, -0.05) is 19.0 Å². The van der Waals surface area contributed by atoms with E-state index >= 15 is 0 Å². The van der Waals surface area contributed by atoms with Crippen molar-refractivity contribution in [3.8, 4) is 0 Å². The average Bonchev–Trinajstić information content (AvgIpc) is 2.47. The van der Waals surface area contributed by atoms with Crippen LogP contribution in [0.15, 0.2) is 17.0 Å². The normalized spacial score (nSPS) is 11.2. The summed E-state index contributed by atoms with van der Waals surface area (Å²) >= 11 is 0. The Labute approximate surface area is 69.6 Å². The second kappa shape index (κ2) is 2.55. The fourth-order valence-electron chi connectivity index (χ4n) is 1.10. The van der Waals surface area contributed by atoms with Crippen LogP contribution < -0.4 is 0 Å². The summed E-state index contributed by atoms with van der Waals surface area (Å²) in [5.74, 6) is 0.334. The van der Waals surface area contributed by atoms with Crippen molar-refractivity contribution in [2.45, 2.75) is 19.8 Å². The maximum absolute atomic E-state index is 5.04. The van der Waals surface area contributed by atoms with Crippen LogP contribution in [-0.4, -0.2) is 15.1 Å². The van der Waals surface area contributed by atoms with Crippen LogP contribution in [0.1, 0.15) is 25.5 Å². The summed E-state index contributed by atoms with van der Waals surface area (Å²) in [5, 5.41) is 3.92. The van der Waals surface area contributed by atoms with Gasteiger partial charge < -0.3 is 4.52 Å². The molecule has 0 unspecified atom stereocenters. The summed E-state index contributed by atoms with van der Waals surface area (Å²) in [6, 6.07) is 0. The topological polar surface area (TPSA) is 51.8 Å². The predicted molar refractivity (Wildman–Crippen MR) is 43.7 cm³/mol. The number of hydrogen-bond donors (Lipinski definition) is 0. The molecule has 12 heavy (non-hydrogen) atoms. The average molecular weight is 163 g/mol. The Morgan fingerprint density at radius 1 is 1.42 bits per heavy atom. The molecule has 2 aromatic heterocycles. The van der Waals surface area contributed by atoms with Crippen LogP contribution in [0, 0.1) is 0 Å². The van der Waals surface area contributed by atoms with E-state index in [-0.39, 0.29) is 0 Å². The Balaban J connectivity index is 2.70. The van der Waals surface area contributed by atoms with Gasteiger partial charge in [-0.2, -0.15) is 0 Å². The van der Waals surface area contributed by atoms with E-state index < -0.39 is 0 Å². The number of rotatable bonds is 1. The molecule has 0 saturated heterocycles. The predicted octanol–water partition coefficient (Wildman–Crippen LogP) is 1.74. The molecular formula is C8H9N3O. The van der Waals surface area contributed by atoms with Gasteiger partial charge >= 0.3 is 0 Å². The lowest BCUT2D eigenvalue weighted by Crippen LogP contribution is -1.88. The standard InChI is InChI=1S/C8H9N3O/c1-5(2)7-8-6(12-11-7)3-9-4-10-8/h3-5H,1-2H3. The van der Waals surface area contributed by atoms with Crippen molar-refractivity contribution in [2.24, 2.45) is 0 Å². The lowest BCUT2D eigenvalue weighted by molar-refractivity contribution is 0.441. The monoisotopic (exact) mass is 163 g/mol. The molecule has 0 fully saturated rings. The third-order valence-electron chi connectivity index (χ3n) is 1.71. The Morgan fingerprint density at radius 2 is 2.25 bits per heavy atom. The highest BCUT2D eigenvalue weighted by molar-refractivity contribution is 5.73. The van der Waals surface area contributed by atoms with E-state index in [9.17, 15) is 0 Å². The fourth-order valence-corrected chi connectivity index (χ4v) is 1.10. The van der Waals surface area contributed by atoms with Gasteiger partial charge in [0.05, 0.1) is 6.20 Å². The molecule has 2 heterocycles. The fraction of sp³-hybridized carbons (Fsp3) is 0.375. The van der Waals surface area contributed by atoms with Gasteiger partial charge in [-0.25, -0.2) is 9.97 Å². The summed E-state index contributed by atoms with van der Waals surface area (Å²) in [5.41, 5.74) is 2.37. The Bertz CT molecular complexity index is 394. The third-order valence-corrected chi connectivity index (χ3v) is 1.71. The lowest BCUT2D eigenvalue weighted by Gasteiger charge is -1.95. The summed E-state index contributed by atoms with van der Waals surface area (Å²) in [6.45, 7) is 4.11. The molecule has 4 nitrogen and oxygen atoms in total. The number of hydrogen-bond acceptors (Lipinski definition) is 4. The van der Waals surface area contributed by atoms with Crippen LogP contribution in [-0.2, 0) is 0 Å². The van der Waals surface area contributed by atoms with Gasteiger partial charge in [0.15, 0.2) is 0 Å². The molecule has 2 aromatic rings. The first-order chi connectivity index (χ1) is 5.79. The molecule has 0 bridgehead atoms. The SMILES string of the molecule is CC(C)c1noc2cncnc12. The summed E-state index contributed by atoms with van der Waals surface area (Å²) < 4.78 is 5.04. The smallest absolute Gasteiger partial charge is 0.203 e. The van der Waals surface area contributed by atoms with E-state index in [1.165, 1.54) is 6.33 Å². The van der Waals surface area contributed by atoms with Crippen LogP contribution in [0.5, 0.6) is 0 Å². The van der Waals surface area contributed by atoms with Crippen molar-refractivity contribution in [3.05, 3.63) is 18.2 Å². The minimum absolute atomic E-state index is 0.334. The second-order valence-electron chi connectivity index (χ2n) is 2.96. The summed E-state index contributed by atoms with van der Waals surface area (Å²) in [4.78, 5) is 7.94. The highest BCUT2D eigenvalue weighted by Crippen LogP contribution is 2.20. The highest BCUT2D eigenvalue weighted by atomic mass is 16.5. The molecule has 0 spiro atoms. The molecule has 0 radical (unpaired) electrons. The van der Waals surface area contributed by atoms with Gasteiger partial charge in [0, 0.05) is 5.92 Å². The molecule has 0 aromatic carbocycles. The molecule has 0 aliphatic carbocycles. The van der Waals surface area contributed by atoms with Crippen molar-refractivity contribution in [3.63, 3.8) is 0 Å². The molecule has 0 aliphatic rings. The van der Waals surface area contributed by atoms with Crippen LogP contribution in [0.2, 0.25) is 0 Å². The summed E-state index contributed by atoms with van der Waals surface area (Å²) in [6.07, 6.45) is 3.13. The lowest BCUT2D eigenvalue weighted by atomic mass is 10.1. The quantitative estimate of drug-likeness (QED) is 0.642. The van der Waals surface area contributed by atoms with E-state index in [0.717, 1.165) is 11.2 Å². The molecule has 0 aliphatic heterocycles. The van der Waals surface area contributed by atoms with Crippen LogP contribution >= 0.6 is 0 Å². The van der Waals surface area contributed by atoms with Gasteiger partial charge in [0.25, 0.3) is 0 Å². The van der Waals surface area contributed by atoms with Crippen molar-refractivity contribution in [2.75, 3.05) is 0 Å². The highest BCUT2D eigenvalue weighted by Gasteiger charge is 2.11. The number of nitrogens with zero attached hydrogens (tertiary/aromatic N) is 3. The Hall–Kier alpha value is -1.45. The third kappa shape index (κ3) is 0.958. The van der Waals surface area contributed by atoms with E-state index in [1.54, 1.807) is 6.20 Å². The molecule has 0 N–H and O–H groups in total. The second-order valence-corrected chi connectivity index (χ2v) is 2.96. The maximum Gasteiger partial charge on any atom is 0.203 e. The first-order valence-corrected chi connectivity index (χ1v) is 3.84. The zero-order chi connectivity index (χ0) is 8.55. The van der Waals surface area contributed by atoms with Gasteiger partial charge in [0.1, 0.15) is 17.5 Å². The van der Waals surface area contributed by atoms with Crippen molar-refractivity contribution < 1.29 is 4.52 Å². The largest absolute Gasteiger partial charge is 0.353 e. The van der Waals surface area contributed by atoms with Gasteiger partial charge in [-0.3, -0.25) is 0 Å². The van der Waals surface area contributed by atoms with Crippen LogP contribution in [0.4, 0.5) is 0 Å². The van der Waals surface area contributed by atoms with E-state index in [4.69, 9.17) is 4.52 Å². The summed E-state index contributed by atoms with van der Waals surface area (Å²) in [7, 11) is 0. The molecular weight excluding hydrogens is 154 g/mol. The number of fused-ring (bicyclic) bond motifs is 1. The molecule has 0 saturated carbocycles. The van der Waals surface area contributed by atoms with Crippen LogP contribution in [0.25, 0.3) is 11.1 Å². The molecule has 62 valence electrons. The molecule has 4 heteroatoms. The van der Waals surface area contributed by atoms with Gasteiger partial charge in [0.2, 0.25) is 5.58 Å². The minimum atomic E-state index is 0.334. The van der Waals surface area contributed by atoms with Crippen LogP contribution in [0.3, 0.4) is 0 Å².